The van der Waals surface area contributed by atoms with Gasteiger partial charge in [0.15, 0.2) is 11.6 Å². The minimum Gasteiger partial charge on any atom is -0.308 e. The van der Waals surface area contributed by atoms with Crippen LogP contribution >= 0.6 is 0 Å². The van der Waals surface area contributed by atoms with Gasteiger partial charge in [-0.1, -0.05) is 97.1 Å². The predicted molar refractivity (Wildman–Crippen MR) is 143 cm³/mol. The Balaban J connectivity index is 1.66. The second-order valence-corrected chi connectivity index (χ2v) is 9.49. The third-order valence-electron chi connectivity index (χ3n) is 7.46. The van der Waals surface area contributed by atoms with E-state index in [2.05, 4.69) is 22.6 Å². The van der Waals surface area contributed by atoms with E-state index in [1.165, 1.54) is 16.6 Å². The fraction of sp³-hybridized carbons (Fsp3) is 0.0909. The van der Waals surface area contributed by atoms with Crippen LogP contribution in [0.3, 0.4) is 0 Å². The molecule has 0 unspecified atom stereocenters. The number of nitrogens with zero attached hydrogens (tertiary/aromatic N) is 1. The summed E-state index contributed by atoms with van der Waals surface area (Å²) in [6.45, 7) is 0. The van der Waals surface area contributed by atoms with Crippen LogP contribution in [-0.4, -0.2) is 16.0 Å². The van der Waals surface area contributed by atoms with E-state index in [1.807, 2.05) is 84.9 Å². The van der Waals surface area contributed by atoms with Gasteiger partial charge in [0, 0.05) is 16.7 Å². The number of carbonyl (C=O) groups is 2. The van der Waals surface area contributed by atoms with E-state index in [1.54, 1.807) is 0 Å². The van der Waals surface area contributed by atoms with Gasteiger partial charge in [-0.3, -0.25) is 9.59 Å². The molecule has 0 fully saturated rings. The lowest BCUT2D eigenvalue weighted by atomic mass is 9.87. The monoisotopic (exact) mass is 465 g/mol. The molecule has 0 atom stereocenters. The van der Waals surface area contributed by atoms with Gasteiger partial charge in [-0.25, -0.2) is 0 Å². The molecular weight excluding hydrogens is 442 g/mol. The van der Waals surface area contributed by atoms with Crippen molar-refractivity contribution in [2.24, 2.45) is 0 Å². The third-order valence-corrected chi connectivity index (χ3v) is 7.46. The zero-order valence-electron chi connectivity index (χ0n) is 19.7. The minimum absolute atomic E-state index is 0.116. The van der Waals surface area contributed by atoms with Crippen LogP contribution in [0.25, 0.3) is 27.7 Å². The Kier molecular flexibility index (Phi) is 4.65. The van der Waals surface area contributed by atoms with Crippen molar-refractivity contribution in [3.8, 4) is 11.1 Å². The number of rotatable bonds is 5. The van der Waals surface area contributed by atoms with Gasteiger partial charge >= 0.3 is 0 Å². The van der Waals surface area contributed by atoms with Crippen molar-refractivity contribution in [3.05, 3.63) is 137 Å². The average molecular weight is 466 g/mol. The summed E-state index contributed by atoms with van der Waals surface area (Å²) in [6.07, 6.45) is 3.03. The number of hydrogen-bond donors (Lipinski definition) is 0. The second kappa shape index (κ2) is 8.03. The normalized spacial score (nSPS) is 12.9. The Morgan fingerprint density at radius 1 is 0.583 bits per heavy atom. The number of ketones is 2. The Morgan fingerprint density at radius 3 is 1.81 bits per heavy atom. The summed E-state index contributed by atoms with van der Waals surface area (Å²) in [5.41, 5.74) is 9.73. The highest BCUT2D eigenvalue weighted by Crippen LogP contribution is 2.45. The second-order valence-electron chi connectivity index (χ2n) is 9.49. The molecular formula is C33H23NO2. The maximum atomic E-state index is 14.3. The van der Waals surface area contributed by atoms with Gasteiger partial charge < -0.3 is 4.40 Å². The SMILES string of the molecule is O=C(c1ccccc1)c1c(C(=O)c2ccccc2)c2c(-c3ccccc3)c3c4c(ccc1n42)CCC3. The molecule has 3 heterocycles. The molecule has 0 radical (unpaired) electrons. The van der Waals surface area contributed by atoms with Crippen molar-refractivity contribution in [1.82, 2.24) is 4.40 Å². The standard InChI is InChI=1S/C33H23NO2/c35-32(23-13-6-2-7-14-23)28-26-20-19-22-17-10-18-25-27(21-11-4-1-5-12-21)31(34(26)30(22)25)29(28)33(36)24-15-8-3-9-16-24/h1-9,11-16,19-20H,10,17-18H2. The quantitative estimate of drug-likeness (QED) is 0.254. The number of benzene rings is 3. The van der Waals surface area contributed by atoms with Crippen LogP contribution in [-0.2, 0) is 12.8 Å². The lowest BCUT2D eigenvalue weighted by Gasteiger charge is -2.15. The van der Waals surface area contributed by atoms with Crippen LogP contribution in [0.15, 0.2) is 103 Å². The number of aromatic nitrogens is 1. The first-order chi connectivity index (χ1) is 17.7. The molecule has 0 spiro atoms. The molecule has 0 saturated carbocycles. The summed E-state index contributed by atoms with van der Waals surface area (Å²) in [7, 11) is 0. The number of aryl methyl sites for hydroxylation is 2. The zero-order chi connectivity index (χ0) is 24.2. The van der Waals surface area contributed by atoms with Crippen molar-refractivity contribution in [3.63, 3.8) is 0 Å². The summed E-state index contributed by atoms with van der Waals surface area (Å²) in [5, 5.41) is 0. The third kappa shape index (κ3) is 2.93. The molecule has 3 aromatic carbocycles. The van der Waals surface area contributed by atoms with Gasteiger partial charge in [0.1, 0.15) is 0 Å². The van der Waals surface area contributed by atoms with Crippen LogP contribution in [0.1, 0.15) is 49.4 Å². The lowest BCUT2D eigenvalue weighted by Crippen LogP contribution is -2.10. The molecule has 0 aliphatic heterocycles. The van der Waals surface area contributed by atoms with Crippen LogP contribution in [0.2, 0.25) is 0 Å². The summed E-state index contributed by atoms with van der Waals surface area (Å²) in [5.74, 6) is -0.236. The van der Waals surface area contributed by atoms with Crippen LogP contribution in [0.4, 0.5) is 0 Å². The smallest absolute Gasteiger partial charge is 0.195 e. The molecule has 7 rings (SSSR count). The van der Waals surface area contributed by atoms with E-state index in [0.29, 0.717) is 22.3 Å². The summed E-state index contributed by atoms with van der Waals surface area (Å²) in [6, 6.07) is 33.1. The van der Waals surface area contributed by atoms with Crippen molar-refractivity contribution >= 4 is 28.1 Å². The first kappa shape index (κ1) is 20.8. The lowest BCUT2D eigenvalue weighted by molar-refractivity contribution is 0.101. The maximum absolute atomic E-state index is 14.3. The molecule has 1 aliphatic rings. The first-order valence-corrected chi connectivity index (χ1v) is 12.4. The molecule has 3 aromatic heterocycles. The molecule has 3 heteroatoms. The van der Waals surface area contributed by atoms with Crippen LogP contribution < -0.4 is 0 Å². The van der Waals surface area contributed by atoms with E-state index in [-0.39, 0.29) is 11.6 Å². The molecule has 3 nitrogen and oxygen atoms in total. The van der Waals surface area contributed by atoms with E-state index in [4.69, 9.17) is 0 Å². The number of hydrogen-bond acceptors (Lipinski definition) is 2. The number of carbonyl (C=O) groups excluding carboxylic acids is 2. The van der Waals surface area contributed by atoms with E-state index in [9.17, 15) is 9.59 Å². The minimum atomic E-state index is -0.120. The highest BCUT2D eigenvalue weighted by atomic mass is 16.1. The van der Waals surface area contributed by atoms with Gasteiger partial charge in [0.2, 0.25) is 0 Å². The van der Waals surface area contributed by atoms with Crippen molar-refractivity contribution in [1.29, 1.82) is 0 Å². The molecule has 6 aromatic rings. The molecule has 0 amide bonds. The zero-order valence-corrected chi connectivity index (χ0v) is 19.7. The maximum Gasteiger partial charge on any atom is 0.195 e. The van der Waals surface area contributed by atoms with Gasteiger partial charge in [0.05, 0.1) is 27.7 Å². The molecule has 0 N–H and O–H groups in total. The van der Waals surface area contributed by atoms with Crippen molar-refractivity contribution in [2.45, 2.75) is 19.3 Å². The Hall–Kier alpha value is -4.50. The topological polar surface area (TPSA) is 38.5 Å². The average Bonchev–Trinajstić information content (AvgIpc) is 3.47. The Bertz CT molecular complexity index is 1760. The number of pyridine rings is 1. The fourth-order valence-electron chi connectivity index (χ4n) is 5.94. The molecule has 1 aliphatic carbocycles. The van der Waals surface area contributed by atoms with Crippen molar-refractivity contribution < 1.29 is 9.59 Å². The van der Waals surface area contributed by atoms with Gasteiger partial charge in [-0.2, -0.15) is 0 Å². The van der Waals surface area contributed by atoms with Gasteiger partial charge in [-0.05, 0) is 42.0 Å². The predicted octanol–water partition coefficient (Wildman–Crippen LogP) is 7.15. The highest BCUT2D eigenvalue weighted by Gasteiger charge is 2.34. The molecule has 172 valence electrons. The summed E-state index contributed by atoms with van der Waals surface area (Å²) >= 11 is 0. The Labute approximate surface area is 209 Å². The van der Waals surface area contributed by atoms with Crippen molar-refractivity contribution in [2.75, 3.05) is 0 Å². The fourth-order valence-corrected chi connectivity index (χ4v) is 5.94. The summed E-state index contributed by atoms with van der Waals surface area (Å²) < 4.78 is 2.21. The summed E-state index contributed by atoms with van der Waals surface area (Å²) in [4.78, 5) is 28.3. The largest absolute Gasteiger partial charge is 0.308 e. The highest BCUT2D eigenvalue weighted by molar-refractivity contribution is 6.28. The first-order valence-electron chi connectivity index (χ1n) is 12.4. The van der Waals surface area contributed by atoms with Gasteiger partial charge in [0.25, 0.3) is 0 Å². The van der Waals surface area contributed by atoms with Crippen LogP contribution in [0, 0.1) is 0 Å². The molecule has 0 saturated heterocycles. The Morgan fingerprint density at radius 2 is 1.17 bits per heavy atom. The van der Waals surface area contributed by atoms with E-state index in [0.717, 1.165) is 41.4 Å². The van der Waals surface area contributed by atoms with E-state index >= 15 is 0 Å². The van der Waals surface area contributed by atoms with E-state index < -0.39 is 0 Å². The van der Waals surface area contributed by atoms with Gasteiger partial charge in [-0.15, -0.1) is 0 Å². The molecule has 36 heavy (non-hydrogen) atoms. The molecule has 0 bridgehead atoms. The van der Waals surface area contributed by atoms with Crippen LogP contribution in [0.5, 0.6) is 0 Å².